The molecule has 5 atom stereocenters. The van der Waals surface area contributed by atoms with E-state index >= 15 is 0 Å². The molecule has 1 N–H and O–H groups in total. The summed E-state index contributed by atoms with van der Waals surface area (Å²) in [6.07, 6.45) is 3.01. The van der Waals surface area contributed by atoms with E-state index in [0.717, 1.165) is 40.9 Å². The molecule has 0 unspecified atom stereocenters. The van der Waals surface area contributed by atoms with Gasteiger partial charge in [0.15, 0.2) is 6.61 Å². The molecule has 7 heteroatoms. The Balaban J connectivity index is 1.33. The average molecular weight is 475 g/mol. The van der Waals surface area contributed by atoms with Crippen LogP contribution in [0.25, 0.3) is 0 Å². The number of para-hydroxylation sites is 1. The standard InChI is InChI=1S/C28H30N2O5/c1-16-7-6-8-17(2)25(16)29-22(31)15-35-28(34)21(13-18-9-4-3-5-10-18)30-26(32)23-19-11-12-20(14-19)24(23)27(30)33/h3-10,19-21,23-24H,11-15H2,1-2H3,(H,29,31)/t19-,20-,21-,23-,24+/m0/s1. The van der Waals surface area contributed by atoms with Gasteiger partial charge in [-0.2, -0.15) is 0 Å². The number of esters is 1. The van der Waals surface area contributed by atoms with Crippen LogP contribution in [0.2, 0.25) is 0 Å². The van der Waals surface area contributed by atoms with E-state index in [1.165, 1.54) is 0 Å². The number of rotatable bonds is 7. The molecule has 0 aromatic heterocycles. The van der Waals surface area contributed by atoms with Crippen molar-refractivity contribution in [2.75, 3.05) is 11.9 Å². The highest BCUT2D eigenvalue weighted by molar-refractivity contribution is 6.08. The van der Waals surface area contributed by atoms with E-state index in [4.69, 9.17) is 4.74 Å². The SMILES string of the molecule is Cc1cccc(C)c1NC(=O)COC(=O)[C@H](Cc1ccccc1)N1C(=O)[C@@H]2[C@H]3CC[C@@H](C3)[C@@H]2C1=O. The number of nitrogens with zero attached hydrogens (tertiary/aromatic N) is 1. The Hall–Kier alpha value is -3.48. The Morgan fingerprint density at radius 1 is 0.943 bits per heavy atom. The lowest BCUT2D eigenvalue weighted by atomic mass is 9.81. The van der Waals surface area contributed by atoms with E-state index in [1.807, 2.05) is 62.4 Å². The van der Waals surface area contributed by atoms with E-state index in [-0.39, 0.29) is 41.9 Å². The Labute approximate surface area is 204 Å². The lowest BCUT2D eigenvalue weighted by Crippen LogP contribution is -2.48. The maximum atomic E-state index is 13.4. The minimum absolute atomic E-state index is 0.157. The highest BCUT2D eigenvalue weighted by atomic mass is 16.5. The highest BCUT2D eigenvalue weighted by Crippen LogP contribution is 2.56. The summed E-state index contributed by atoms with van der Waals surface area (Å²) in [5.74, 6) is -1.91. The van der Waals surface area contributed by atoms with Gasteiger partial charge < -0.3 is 10.1 Å². The van der Waals surface area contributed by atoms with Crippen LogP contribution in [0.1, 0.15) is 36.0 Å². The maximum absolute atomic E-state index is 13.4. The molecule has 2 aromatic rings. The molecule has 3 amide bonds. The van der Waals surface area contributed by atoms with Crippen LogP contribution in [-0.2, 0) is 30.3 Å². The van der Waals surface area contributed by atoms with E-state index in [2.05, 4.69) is 5.32 Å². The lowest BCUT2D eigenvalue weighted by Gasteiger charge is -2.26. The van der Waals surface area contributed by atoms with E-state index in [1.54, 1.807) is 0 Å². The Kier molecular flexibility index (Phi) is 6.17. The van der Waals surface area contributed by atoms with Crippen LogP contribution in [0.4, 0.5) is 5.69 Å². The molecule has 0 radical (unpaired) electrons. The molecule has 1 heterocycles. The van der Waals surface area contributed by atoms with Gasteiger partial charge in [-0.25, -0.2) is 4.79 Å². The largest absolute Gasteiger partial charge is 0.454 e. The van der Waals surface area contributed by atoms with Crippen LogP contribution < -0.4 is 5.32 Å². The molecule has 2 aromatic carbocycles. The van der Waals surface area contributed by atoms with Gasteiger partial charge in [0, 0.05) is 12.1 Å². The van der Waals surface area contributed by atoms with Crippen molar-refractivity contribution in [2.45, 2.75) is 45.6 Å². The number of carbonyl (C=O) groups excluding carboxylic acids is 4. The van der Waals surface area contributed by atoms with E-state index < -0.39 is 24.5 Å². The number of nitrogens with one attached hydrogen (secondary N) is 1. The van der Waals surface area contributed by atoms with Gasteiger partial charge in [0.2, 0.25) is 11.8 Å². The zero-order chi connectivity index (χ0) is 24.7. The average Bonchev–Trinajstić information content (AvgIpc) is 3.53. The minimum atomic E-state index is -1.09. The summed E-state index contributed by atoms with van der Waals surface area (Å²) in [4.78, 5) is 53.8. The van der Waals surface area contributed by atoms with Crippen LogP contribution >= 0.6 is 0 Å². The smallest absolute Gasteiger partial charge is 0.330 e. The molecular formula is C28H30N2O5. The summed E-state index contributed by atoms with van der Waals surface area (Å²) in [5, 5.41) is 2.80. The molecule has 5 rings (SSSR count). The monoisotopic (exact) mass is 474 g/mol. The molecule has 0 spiro atoms. The number of anilines is 1. The summed E-state index contributed by atoms with van der Waals surface area (Å²) in [7, 11) is 0. The van der Waals surface area contributed by atoms with Crippen molar-refractivity contribution < 1.29 is 23.9 Å². The predicted molar refractivity (Wildman–Crippen MR) is 129 cm³/mol. The van der Waals surface area contributed by atoms with Gasteiger partial charge in [0.05, 0.1) is 11.8 Å². The molecular weight excluding hydrogens is 444 g/mol. The quantitative estimate of drug-likeness (QED) is 0.490. The third kappa shape index (κ3) is 4.24. The molecule has 35 heavy (non-hydrogen) atoms. The number of hydrogen-bond acceptors (Lipinski definition) is 5. The zero-order valence-corrected chi connectivity index (χ0v) is 20.0. The first-order valence-electron chi connectivity index (χ1n) is 12.3. The first kappa shape index (κ1) is 23.3. The summed E-state index contributed by atoms with van der Waals surface area (Å²) in [6, 6.07) is 13.8. The summed E-state index contributed by atoms with van der Waals surface area (Å²) < 4.78 is 5.39. The summed E-state index contributed by atoms with van der Waals surface area (Å²) in [6.45, 7) is 3.28. The number of likely N-dealkylation sites (tertiary alicyclic amines) is 1. The molecule has 1 aliphatic heterocycles. The number of fused-ring (bicyclic) bond motifs is 5. The number of benzene rings is 2. The molecule has 3 fully saturated rings. The van der Waals surface area contributed by atoms with Gasteiger partial charge >= 0.3 is 5.97 Å². The van der Waals surface area contributed by atoms with Crippen molar-refractivity contribution in [2.24, 2.45) is 23.7 Å². The summed E-state index contributed by atoms with van der Waals surface area (Å²) >= 11 is 0. The van der Waals surface area contributed by atoms with Gasteiger partial charge in [0.1, 0.15) is 6.04 Å². The Morgan fingerprint density at radius 3 is 2.14 bits per heavy atom. The molecule has 2 bridgehead atoms. The molecule has 7 nitrogen and oxygen atoms in total. The molecule has 2 saturated carbocycles. The second-order valence-electron chi connectivity index (χ2n) is 10.1. The first-order chi connectivity index (χ1) is 16.8. The first-order valence-corrected chi connectivity index (χ1v) is 12.3. The van der Waals surface area contributed by atoms with Gasteiger partial charge in [-0.05, 0) is 61.6 Å². The molecule has 182 valence electrons. The highest BCUT2D eigenvalue weighted by Gasteiger charge is 2.62. The van der Waals surface area contributed by atoms with Crippen LogP contribution in [0.3, 0.4) is 0 Å². The van der Waals surface area contributed by atoms with Crippen LogP contribution in [0.5, 0.6) is 0 Å². The number of ether oxygens (including phenoxy) is 1. The maximum Gasteiger partial charge on any atom is 0.330 e. The second kappa shape index (κ2) is 9.29. The third-order valence-electron chi connectivity index (χ3n) is 7.91. The lowest BCUT2D eigenvalue weighted by molar-refractivity contribution is -0.160. The van der Waals surface area contributed by atoms with Gasteiger partial charge in [-0.1, -0.05) is 48.5 Å². The fraction of sp³-hybridized carbons (Fsp3) is 0.429. The van der Waals surface area contributed by atoms with E-state index in [0.29, 0.717) is 5.69 Å². The van der Waals surface area contributed by atoms with Crippen molar-refractivity contribution in [1.29, 1.82) is 0 Å². The third-order valence-corrected chi connectivity index (χ3v) is 7.91. The minimum Gasteiger partial charge on any atom is -0.454 e. The fourth-order valence-corrected chi connectivity index (χ4v) is 6.28. The predicted octanol–water partition coefficient (Wildman–Crippen LogP) is 3.43. The normalized spacial score (nSPS) is 25.5. The zero-order valence-electron chi connectivity index (χ0n) is 20.0. The van der Waals surface area contributed by atoms with Crippen molar-refractivity contribution >= 4 is 29.4 Å². The Morgan fingerprint density at radius 2 is 1.54 bits per heavy atom. The number of hydrogen-bond donors (Lipinski definition) is 1. The molecule has 2 aliphatic carbocycles. The van der Waals surface area contributed by atoms with Crippen LogP contribution in [0.15, 0.2) is 48.5 Å². The van der Waals surface area contributed by atoms with Gasteiger partial charge in [-0.15, -0.1) is 0 Å². The summed E-state index contributed by atoms with van der Waals surface area (Å²) in [5.41, 5.74) is 3.31. The van der Waals surface area contributed by atoms with Crippen molar-refractivity contribution in [3.8, 4) is 0 Å². The Bertz CT molecular complexity index is 1130. The van der Waals surface area contributed by atoms with Crippen molar-refractivity contribution in [3.63, 3.8) is 0 Å². The number of amides is 3. The van der Waals surface area contributed by atoms with Crippen molar-refractivity contribution in [1.82, 2.24) is 4.90 Å². The van der Waals surface area contributed by atoms with E-state index in [9.17, 15) is 19.2 Å². The van der Waals surface area contributed by atoms with Crippen molar-refractivity contribution in [3.05, 3.63) is 65.2 Å². The molecule has 3 aliphatic rings. The number of imide groups is 1. The van der Waals surface area contributed by atoms with Gasteiger partial charge in [-0.3, -0.25) is 19.3 Å². The second-order valence-corrected chi connectivity index (χ2v) is 10.1. The van der Waals surface area contributed by atoms with Crippen LogP contribution in [0, 0.1) is 37.5 Å². The molecule has 1 saturated heterocycles. The fourth-order valence-electron chi connectivity index (χ4n) is 6.28. The van der Waals surface area contributed by atoms with Crippen LogP contribution in [-0.4, -0.2) is 41.2 Å². The topological polar surface area (TPSA) is 92.8 Å². The number of carbonyl (C=O) groups is 4. The number of aryl methyl sites for hydroxylation is 2. The van der Waals surface area contributed by atoms with Gasteiger partial charge in [0.25, 0.3) is 5.91 Å².